The number of halogens is 1. The van der Waals surface area contributed by atoms with Crippen LogP contribution < -0.4 is 10.4 Å². The lowest BCUT2D eigenvalue weighted by atomic mass is 9.97. The fraction of sp³-hybridized carbons (Fsp3) is 0.278. The first-order valence-electron chi connectivity index (χ1n) is 7.39. The molecule has 3 rings (SSSR count). The lowest BCUT2D eigenvalue weighted by Gasteiger charge is -2.26. The summed E-state index contributed by atoms with van der Waals surface area (Å²) in [5.74, 6) is 0.626. The average Bonchev–Trinajstić information content (AvgIpc) is 2.53. The number of rotatable bonds is 4. The Hall–Kier alpha value is -2.00. The van der Waals surface area contributed by atoms with Crippen LogP contribution in [-0.2, 0) is 14.3 Å². The van der Waals surface area contributed by atoms with Crippen molar-refractivity contribution in [3.05, 3.63) is 58.0 Å². The highest BCUT2D eigenvalue weighted by atomic mass is 35.5. The van der Waals surface area contributed by atoms with Crippen LogP contribution in [0.4, 0.5) is 0 Å². The van der Waals surface area contributed by atoms with Gasteiger partial charge in [-0.15, -0.1) is 0 Å². The molecule has 1 aliphatic heterocycles. The maximum atomic E-state index is 11.6. The van der Waals surface area contributed by atoms with E-state index in [-0.39, 0.29) is 12.1 Å². The molecular weight excluding hydrogens is 300 g/mol. The molecule has 1 aromatic rings. The summed E-state index contributed by atoms with van der Waals surface area (Å²) in [7, 11) is 0. The van der Waals surface area contributed by atoms with Gasteiger partial charge in [0.25, 0.3) is 0 Å². The van der Waals surface area contributed by atoms with Gasteiger partial charge in [0, 0.05) is 22.2 Å². The van der Waals surface area contributed by atoms with Gasteiger partial charge in [-0.3, -0.25) is 4.79 Å². The number of carbonyl (C=O) groups is 1. The van der Waals surface area contributed by atoms with Crippen LogP contribution in [0, 0.1) is 0 Å². The molecule has 0 bridgehead atoms. The van der Waals surface area contributed by atoms with Crippen molar-refractivity contribution < 1.29 is 14.3 Å². The summed E-state index contributed by atoms with van der Waals surface area (Å²) in [5, 5.41) is 2.83. The summed E-state index contributed by atoms with van der Waals surface area (Å²) in [4.78, 5) is 11.6. The molecule has 114 valence electrons. The second-order valence-corrected chi connectivity index (χ2v) is 5.59. The van der Waals surface area contributed by atoms with Gasteiger partial charge in [0.1, 0.15) is 11.9 Å². The standard InChI is InChI=1S/C18H17ClO3/c1-2-21-18(20)10-9-16-14-6-4-3-5-13(14)15-11-12(19)7-8-17(15)22-16/h3-8,11,17H,2,9-10H2,1H3. The van der Waals surface area contributed by atoms with E-state index < -0.39 is 0 Å². The van der Waals surface area contributed by atoms with Gasteiger partial charge >= 0.3 is 5.97 Å². The highest BCUT2D eigenvalue weighted by Gasteiger charge is 2.22. The topological polar surface area (TPSA) is 35.5 Å². The quantitative estimate of drug-likeness (QED) is 0.800. The van der Waals surface area contributed by atoms with E-state index in [9.17, 15) is 4.79 Å². The number of hydrogen-bond donors (Lipinski definition) is 0. The largest absolute Gasteiger partial charge is 0.485 e. The Labute approximate surface area is 134 Å². The molecule has 1 aromatic carbocycles. The van der Waals surface area contributed by atoms with Crippen LogP contribution in [0.3, 0.4) is 0 Å². The SMILES string of the molecule is CCOC(=O)CCC1=c2ccccc2=C2C=C(Cl)C=CC2O1. The Balaban J connectivity index is 2.02. The van der Waals surface area contributed by atoms with E-state index in [0.717, 1.165) is 21.8 Å². The van der Waals surface area contributed by atoms with Crippen LogP contribution in [0.1, 0.15) is 19.8 Å². The van der Waals surface area contributed by atoms with Gasteiger partial charge in [0.05, 0.1) is 13.0 Å². The molecule has 22 heavy (non-hydrogen) atoms. The van der Waals surface area contributed by atoms with Gasteiger partial charge in [0.15, 0.2) is 0 Å². The molecule has 0 aromatic heterocycles. The monoisotopic (exact) mass is 316 g/mol. The average molecular weight is 317 g/mol. The van der Waals surface area contributed by atoms with E-state index in [1.165, 1.54) is 0 Å². The summed E-state index contributed by atoms with van der Waals surface area (Å²) in [6.07, 6.45) is 6.43. The van der Waals surface area contributed by atoms with Crippen molar-refractivity contribution in [3.63, 3.8) is 0 Å². The minimum Gasteiger partial charge on any atom is -0.485 e. The molecule has 1 heterocycles. The van der Waals surface area contributed by atoms with Crippen molar-refractivity contribution >= 4 is 28.9 Å². The van der Waals surface area contributed by atoms with E-state index in [4.69, 9.17) is 21.1 Å². The van der Waals surface area contributed by atoms with Gasteiger partial charge in [-0.05, 0) is 30.4 Å². The molecule has 0 fully saturated rings. The first-order valence-corrected chi connectivity index (χ1v) is 7.77. The number of carbonyl (C=O) groups excluding carboxylic acids is 1. The minimum absolute atomic E-state index is 0.144. The number of ether oxygens (including phenoxy) is 2. The van der Waals surface area contributed by atoms with E-state index in [0.29, 0.717) is 24.5 Å². The van der Waals surface area contributed by atoms with Crippen LogP contribution in [-0.4, -0.2) is 18.7 Å². The van der Waals surface area contributed by atoms with Gasteiger partial charge < -0.3 is 9.47 Å². The number of benzene rings is 1. The molecule has 0 N–H and O–H groups in total. The number of esters is 1. The minimum atomic E-state index is -0.201. The van der Waals surface area contributed by atoms with Crippen LogP contribution in [0.2, 0.25) is 0 Å². The van der Waals surface area contributed by atoms with Crippen molar-refractivity contribution in [3.8, 4) is 0 Å². The van der Waals surface area contributed by atoms with Crippen LogP contribution >= 0.6 is 11.6 Å². The lowest BCUT2D eigenvalue weighted by molar-refractivity contribution is -0.143. The van der Waals surface area contributed by atoms with Crippen LogP contribution in [0.15, 0.2) is 47.5 Å². The molecule has 0 saturated carbocycles. The van der Waals surface area contributed by atoms with Crippen LogP contribution in [0.5, 0.6) is 0 Å². The van der Waals surface area contributed by atoms with Gasteiger partial charge in [0.2, 0.25) is 0 Å². The molecular formula is C18H17ClO3. The third-order valence-corrected chi connectivity index (χ3v) is 3.93. The molecule has 0 radical (unpaired) electrons. The third-order valence-electron chi connectivity index (χ3n) is 3.70. The molecule has 1 atom stereocenters. The molecule has 2 aliphatic rings. The highest BCUT2D eigenvalue weighted by molar-refractivity contribution is 6.32. The first-order chi connectivity index (χ1) is 10.7. The zero-order chi connectivity index (χ0) is 15.5. The summed E-state index contributed by atoms with van der Waals surface area (Å²) in [6, 6.07) is 8.04. The summed E-state index contributed by atoms with van der Waals surface area (Å²) >= 11 is 6.11. The van der Waals surface area contributed by atoms with Gasteiger partial charge in [-0.25, -0.2) is 0 Å². The van der Waals surface area contributed by atoms with E-state index in [1.54, 1.807) is 0 Å². The predicted octanol–water partition coefficient (Wildman–Crippen LogP) is 2.38. The molecule has 0 amide bonds. The fourth-order valence-corrected chi connectivity index (χ4v) is 2.92. The molecule has 1 unspecified atom stereocenters. The Morgan fingerprint density at radius 3 is 2.86 bits per heavy atom. The fourth-order valence-electron chi connectivity index (χ4n) is 2.73. The lowest BCUT2D eigenvalue weighted by Crippen LogP contribution is -2.38. The highest BCUT2D eigenvalue weighted by Crippen LogP contribution is 2.26. The summed E-state index contributed by atoms with van der Waals surface area (Å²) < 4.78 is 11.1. The van der Waals surface area contributed by atoms with E-state index >= 15 is 0 Å². The molecule has 3 nitrogen and oxygen atoms in total. The van der Waals surface area contributed by atoms with Crippen LogP contribution in [0.25, 0.3) is 11.3 Å². The Morgan fingerprint density at radius 1 is 1.32 bits per heavy atom. The van der Waals surface area contributed by atoms with Crippen molar-refractivity contribution in [2.75, 3.05) is 6.61 Å². The third kappa shape index (κ3) is 2.95. The Kier molecular flexibility index (Phi) is 4.34. The maximum absolute atomic E-state index is 11.6. The molecule has 4 heteroatoms. The van der Waals surface area contributed by atoms with Gasteiger partial charge in [-0.2, -0.15) is 0 Å². The Morgan fingerprint density at radius 2 is 2.09 bits per heavy atom. The van der Waals surface area contributed by atoms with E-state index in [1.807, 2.05) is 43.4 Å². The zero-order valence-corrected chi connectivity index (χ0v) is 13.1. The van der Waals surface area contributed by atoms with Crippen molar-refractivity contribution in [1.29, 1.82) is 0 Å². The second kappa shape index (κ2) is 6.41. The van der Waals surface area contributed by atoms with Crippen molar-refractivity contribution in [2.45, 2.75) is 25.9 Å². The molecule has 1 aliphatic carbocycles. The normalized spacial score (nSPS) is 19.0. The summed E-state index contributed by atoms with van der Waals surface area (Å²) in [5.41, 5.74) is 1.06. The van der Waals surface area contributed by atoms with Gasteiger partial charge in [-0.1, -0.05) is 35.9 Å². The summed E-state index contributed by atoms with van der Waals surface area (Å²) in [6.45, 7) is 2.21. The smallest absolute Gasteiger partial charge is 0.306 e. The number of allylic oxidation sites excluding steroid dienone is 2. The zero-order valence-electron chi connectivity index (χ0n) is 12.3. The first kappa shape index (κ1) is 14.9. The number of fused-ring (bicyclic) bond motifs is 2. The van der Waals surface area contributed by atoms with Crippen molar-refractivity contribution in [1.82, 2.24) is 0 Å². The predicted molar refractivity (Wildman–Crippen MR) is 86.3 cm³/mol. The maximum Gasteiger partial charge on any atom is 0.306 e. The molecule has 0 saturated heterocycles. The number of hydrogen-bond acceptors (Lipinski definition) is 3. The Bertz CT molecular complexity index is 774. The van der Waals surface area contributed by atoms with E-state index in [2.05, 4.69) is 6.07 Å². The molecule has 0 spiro atoms. The second-order valence-electron chi connectivity index (χ2n) is 5.16. The van der Waals surface area contributed by atoms with Crippen molar-refractivity contribution in [2.24, 2.45) is 0 Å².